The van der Waals surface area contributed by atoms with Gasteiger partial charge in [0, 0.05) is 12.6 Å². The van der Waals surface area contributed by atoms with Crippen molar-refractivity contribution >= 4 is 0 Å². The fourth-order valence-electron chi connectivity index (χ4n) is 1.88. The summed E-state index contributed by atoms with van der Waals surface area (Å²) >= 11 is 0. The largest absolute Gasteiger partial charge is 0.494 e. The lowest BCUT2D eigenvalue weighted by Crippen LogP contribution is -2.29. The van der Waals surface area contributed by atoms with Crippen molar-refractivity contribution in [1.82, 2.24) is 10.2 Å². The van der Waals surface area contributed by atoms with Crippen molar-refractivity contribution < 1.29 is 4.74 Å². The third-order valence-electron chi connectivity index (χ3n) is 3.35. The summed E-state index contributed by atoms with van der Waals surface area (Å²) < 4.78 is 5.67. The molecule has 1 N–H and O–H groups in total. The average molecular weight is 278 g/mol. The zero-order valence-electron chi connectivity index (χ0n) is 13.5. The van der Waals surface area contributed by atoms with E-state index in [1.165, 1.54) is 18.4 Å². The van der Waals surface area contributed by atoms with Crippen LogP contribution in [-0.4, -0.2) is 38.2 Å². The molecule has 0 amide bonds. The maximum absolute atomic E-state index is 5.67. The number of benzene rings is 1. The molecule has 0 spiro atoms. The standard InChI is InChI=1S/C17H30N2O/c1-5-6-13-20-17-9-7-16(8-10-17)14-18-15(2)11-12-19(3)4/h7-10,15,18H,5-6,11-14H2,1-4H3. The van der Waals surface area contributed by atoms with Gasteiger partial charge in [-0.25, -0.2) is 0 Å². The van der Waals surface area contributed by atoms with E-state index in [1.807, 2.05) is 0 Å². The first-order chi connectivity index (χ1) is 9.61. The molecule has 0 saturated carbocycles. The Morgan fingerprint density at radius 2 is 1.90 bits per heavy atom. The van der Waals surface area contributed by atoms with Gasteiger partial charge in [-0.2, -0.15) is 0 Å². The maximum Gasteiger partial charge on any atom is 0.119 e. The second-order valence-corrected chi connectivity index (χ2v) is 5.72. The van der Waals surface area contributed by atoms with Crippen LogP contribution in [0.25, 0.3) is 0 Å². The molecule has 0 aliphatic rings. The first kappa shape index (κ1) is 17.0. The second-order valence-electron chi connectivity index (χ2n) is 5.72. The van der Waals surface area contributed by atoms with Gasteiger partial charge in [-0.3, -0.25) is 0 Å². The Morgan fingerprint density at radius 3 is 2.50 bits per heavy atom. The summed E-state index contributed by atoms with van der Waals surface area (Å²) in [6, 6.07) is 8.96. The molecule has 114 valence electrons. The lowest BCUT2D eigenvalue weighted by molar-refractivity contribution is 0.309. The number of nitrogens with zero attached hydrogens (tertiary/aromatic N) is 1. The highest BCUT2D eigenvalue weighted by Crippen LogP contribution is 2.12. The van der Waals surface area contributed by atoms with Gasteiger partial charge in [0.25, 0.3) is 0 Å². The molecule has 0 aromatic heterocycles. The Kier molecular flexibility index (Phi) is 8.31. The van der Waals surface area contributed by atoms with Crippen LogP contribution in [0.15, 0.2) is 24.3 Å². The van der Waals surface area contributed by atoms with Crippen LogP contribution in [0.3, 0.4) is 0 Å². The molecule has 20 heavy (non-hydrogen) atoms. The molecule has 1 aromatic carbocycles. The SMILES string of the molecule is CCCCOc1ccc(CNC(C)CCN(C)C)cc1. The molecule has 1 unspecified atom stereocenters. The van der Waals surface area contributed by atoms with Gasteiger partial charge >= 0.3 is 0 Å². The fraction of sp³-hybridized carbons (Fsp3) is 0.647. The highest BCUT2D eigenvalue weighted by atomic mass is 16.5. The molecule has 1 aromatic rings. The zero-order valence-corrected chi connectivity index (χ0v) is 13.5. The summed E-state index contributed by atoms with van der Waals surface area (Å²) in [6.45, 7) is 7.28. The van der Waals surface area contributed by atoms with E-state index in [9.17, 15) is 0 Å². The summed E-state index contributed by atoms with van der Waals surface area (Å²) in [5, 5.41) is 3.56. The van der Waals surface area contributed by atoms with Gasteiger partial charge in [0.15, 0.2) is 0 Å². The quantitative estimate of drug-likeness (QED) is 0.665. The van der Waals surface area contributed by atoms with Gasteiger partial charge in [-0.1, -0.05) is 25.5 Å². The molecule has 0 saturated heterocycles. The molecular formula is C17H30N2O. The van der Waals surface area contributed by atoms with E-state index >= 15 is 0 Å². The minimum Gasteiger partial charge on any atom is -0.494 e. The molecule has 0 radical (unpaired) electrons. The number of hydrogen-bond acceptors (Lipinski definition) is 3. The van der Waals surface area contributed by atoms with Gasteiger partial charge in [-0.15, -0.1) is 0 Å². The Hall–Kier alpha value is -1.06. The molecular weight excluding hydrogens is 248 g/mol. The third-order valence-corrected chi connectivity index (χ3v) is 3.35. The van der Waals surface area contributed by atoms with Gasteiger partial charge < -0.3 is 15.0 Å². The minimum atomic E-state index is 0.540. The van der Waals surface area contributed by atoms with Crippen molar-refractivity contribution in [2.24, 2.45) is 0 Å². The first-order valence-electron chi connectivity index (χ1n) is 7.71. The summed E-state index contributed by atoms with van der Waals surface area (Å²) in [5.41, 5.74) is 1.31. The topological polar surface area (TPSA) is 24.5 Å². The smallest absolute Gasteiger partial charge is 0.119 e. The summed E-state index contributed by atoms with van der Waals surface area (Å²) in [5.74, 6) is 0.975. The summed E-state index contributed by atoms with van der Waals surface area (Å²) in [4.78, 5) is 2.22. The molecule has 0 heterocycles. The van der Waals surface area contributed by atoms with E-state index in [0.717, 1.165) is 31.9 Å². The van der Waals surface area contributed by atoms with Crippen LogP contribution in [-0.2, 0) is 6.54 Å². The van der Waals surface area contributed by atoms with Gasteiger partial charge in [-0.05, 0) is 58.1 Å². The zero-order chi connectivity index (χ0) is 14.8. The van der Waals surface area contributed by atoms with Crippen LogP contribution in [0, 0.1) is 0 Å². The Balaban J connectivity index is 2.27. The van der Waals surface area contributed by atoms with Crippen LogP contribution in [0.2, 0.25) is 0 Å². The maximum atomic E-state index is 5.67. The van der Waals surface area contributed by atoms with E-state index < -0.39 is 0 Å². The highest BCUT2D eigenvalue weighted by Gasteiger charge is 2.02. The molecule has 1 atom stereocenters. The van der Waals surface area contributed by atoms with Crippen LogP contribution in [0.4, 0.5) is 0 Å². The van der Waals surface area contributed by atoms with Crippen LogP contribution in [0.1, 0.15) is 38.7 Å². The van der Waals surface area contributed by atoms with E-state index in [4.69, 9.17) is 4.74 Å². The average Bonchev–Trinajstić information content (AvgIpc) is 2.44. The lowest BCUT2D eigenvalue weighted by atomic mass is 10.2. The normalized spacial score (nSPS) is 12.7. The fourth-order valence-corrected chi connectivity index (χ4v) is 1.88. The number of hydrogen-bond donors (Lipinski definition) is 1. The monoisotopic (exact) mass is 278 g/mol. The first-order valence-corrected chi connectivity index (χ1v) is 7.71. The highest BCUT2D eigenvalue weighted by molar-refractivity contribution is 5.27. The van der Waals surface area contributed by atoms with E-state index in [2.05, 4.69) is 62.4 Å². The lowest BCUT2D eigenvalue weighted by Gasteiger charge is -2.16. The van der Waals surface area contributed by atoms with Gasteiger partial charge in [0.2, 0.25) is 0 Å². The Morgan fingerprint density at radius 1 is 1.20 bits per heavy atom. The van der Waals surface area contributed by atoms with Crippen molar-refractivity contribution in [3.05, 3.63) is 29.8 Å². The predicted octanol–water partition coefficient (Wildman–Crippen LogP) is 3.30. The number of rotatable bonds is 10. The van der Waals surface area contributed by atoms with Crippen molar-refractivity contribution in [2.45, 2.75) is 45.7 Å². The van der Waals surface area contributed by atoms with E-state index in [-0.39, 0.29) is 0 Å². The molecule has 0 aliphatic carbocycles. The van der Waals surface area contributed by atoms with Crippen LogP contribution >= 0.6 is 0 Å². The molecule has 0 fully saturated rings. The van der Waals surface area contributed by atoms with Crippen LogP contribution < -0.4 is 10.1 Å². The number of ether oxygens (including phenoxy) is 1. The molecule has 1 rings (SSSR count). The third kappa shape index (κ3) is 7.51. The van der Waals surface area contributed by atoms with Crippen molar-refractivity contribution in [2.75, 3.05) is 27.2 Å². The molecule has 0 bridgehead atoms. The van der Waals surface area contributed by atoms with E-state index in [0.29, 0.717) is 6.04 Å². The summed E-state index contributed by atoms with van der Waals surface area (Å²) in [6.07, 6.45) is 3.46. The minimum absolute atomic E-state index is 0.540. The Labute approximate surface area is 124 Å². The number of nitrogens with one attached hydrogen (secondary N) is 1. The van der Waals surface area contributed by atoms with Gasteiger partial charge in [0.05, 0.1) is 6.61 Å². The molecule has 0 aliphatic heterocycles. The molecule has 3 nitrogen and oxygen atoms in total. The number of unbranched alkanes of at least 4 members (excludes halogenated alkanes) is 1. The van der Waals surface area contributed by atoms with Crippen molar-refractivity contribution in [3.8, 4) is 5.75 Å². The Bertz CT molecular complexity index is 349. The van der Waals surface area contributed by atoms with Crippen molar-refractivity contribution in [1.29, 1.82) is 0 Å². The van der Waals surface area contributed by atoms with Crippen LogP contribution in [0.5, 0.6) is 5.75 Å². The predicted molar refractivity (Wildman–Crippen MR) is 86.3 cm³/mol. The second kappa shape index (κ2) is 9.78. The summed E-state index contributed by atoms with van der Waals surface area (Å²) in [7, 11) is 4.23. The van der Waals surface area contributed by atoms with E-state index in [1.54, 1.807) is 0 Å². The van der Waals surface area contributed by atoms with Gasteiger partial charge in [0.1, 0.15) is 5.75 Å². The van der Waals surface area contributed by atoms with Crippen molar-refractivity contribution in [3.63, 3.8) is 0 Å². The molecule has 3 heteroatoms.